The Labute approximate surface area is 339 Å². The summed E-state index contributed by atoms with van der Waals surface area (Å²) in [7, 11) is 0. The van der Waals surface area contributed by atoms with Crippen LogP contribution in [0.15, 0.2) is 212 Å². The Morgan fingerprint density at radius 2 is 0.729 bits per heavy atom. The van der Waals surface area contributed by atoms with E-state index in [2.05, 4.69) is 226 Å². The maximum absolute atomic E-state index is 2.52. The molecule has 0 aliphatic carbocycles. The van der Waals surface area contributed by atoms with Gasteiger partial charge in [-0.1, -0.05) is 133 Å². The van der Waals surface area contributed by atoms with Crippen LogP contribution in [0, 0.1) is 0 Å². The summed E-state index contributed by atoms with van der Waals surface area (Å²) in [5.74, 6) is 0. The zero-order valence-electron chi connectivity index (χ0n) is 32.0. The standard InChI is InChI=1S/C56H35N3/c1-2-17-40(18-3-1)57-50-23-11-8-20-44(50)47-34-39(27-30-53(47)57)55-43-19-7-6-16-38(43)33-49-46-22-10-13-25-52(46)59(56(49)55)42-29-31-54-48(35-42)45-21-9-12-24-51(45)58(54)41-28-26-36-14-4-5-15-37(36)32-41/h1-35H. The van der Waals surface area contributed by atoms with Crippen LogP contribution in [0.3, 0.4) is 0 Å². The first-order valence-electron chi connectivity index (χ1n) is 20.4. The van der Waals surface area contributed by atoms with E-state index in [1.165, 1.54) is 98.1 Å². The molecule has 0 bridgehead atoms. The van der Waals surface area contributed by atoms with Crippen molar-refractivity contribution >= 4 is 87.0 Å². The van der Waals surface area contributed by atoms with Crippen LogP contribution >= 0.6 is 0 Å². The van der Waals surface area contributed by atoms with E-state index < -0.39 is 0 Å². The Bertz CT molecular complexity index is 3840. The molecule has 0 aliphatic heterocycles. The van der Waals surface area contributed by atoms with Crippen LogP contribution in [0.1, 0.15) is 0 Å². The number of fused-ring (bicyclic) bond motifs is 11. The lowest BCUT2D eigenvalue weighted by atomic mass is 9.93. The summed E-state index contributed by atoms with van der Waals surface area (Å²) in [6, 6.07) is 78.1. The van der Waals surface area contributed by atoms with Crippen molar-refractivity contribution < 1.29 is 0 Å². The molecular weight excluding hydrogens is 715 g/mol. The summed E-state index contributed by atoms with van der Waals surface area (Å²) >= 11 is 0. The van der Waals surface area contributed by atoms with Crippen molar-refractivity contribution in [1.29, 1.82) is 0 Å². The van der Waals surface area contributed by atoms with Crippen LogP contribution in [-0.4, -0.2) is 13.7 Å². The topological polar surface area (TPSA) is 14.8 Å². The fourth-order valence-electron chi connectivity index (χ4n) is 10.0. The molecule has 0 atom stereocenters. The van der Waals surface area contributed by atoms with E-state index in [4.69, 9.17) is 0 Å². The first-order valence-corrected chi connectivity index (χ1v) is 20.4. The van der Waals surface area contributed by atoms with Gasteiger partial charge < -0.3 is 13.7 Å². The maximum Gasteiger partial charge on any atom is 0.0625 e. The van der Waals surface area contributed by atoms with Gasteiger partial charge in [0.1, 0.15) is 0 Å². The second-order valence-corrected chi connectivity index (χ2v) is 15.7. The van der Waals surface area contributed by atoms with Gasteiger partial charge in [0.05, 0.1) is 33.1 Å². The number of hydrogen-bond acceptors (Lipinski definition) is 0. The molecule has 3 heterocycles. The van der Waals surface area contributed by atoms with Gasteiger partial charge in [0, 0.05) is 54.9 Å². The highest BCUT2D eigenvalue weighted by atomic mass is 15.0. The number of para-hydroxylation sites is 4. The van der Waals surface area contributed by atoms with Crippen molar-refractivity contribution in [2.75, 3.05) is 0 Å². The van der Waals surface area contributed by atoms with Gasteiger partial charge >= 0.3 is 0 Å². The third kappa shape index (κ3) is 4.64. The fourth-order valence-corrected chi connectivity index (χ4v) is 10.0. The number of rotatable bonds is 4. The minimum atomic E-state index is 1.14. The second kappa shape index (κ2) is 12.3. The van der Waals surface area contributed by atoms with Gasteiger partial charge in [-0.05, 0) is 106 Å². The molecule has 3 nitrogen and oxygen atoms in total. The fraction of sp³-hybridized carbons (Fsp3) is 0. The van der Waals surface area contributed by atoms with Crippen LogP contribution in [0.25, 0.3) is 115 Å². The Morgan fingerprint density at radius 1 is 0.237 bits per heavy atom. The van der Waals surface area contributed by atoms with Gasteiger partial charge in [0.15, 0.2) is 0 Å². The molecule has 10 aromatic carbocycles. The minimum absolute atomic E-state index is 1.14. The van der Waals surface area contributed by atoms with E-state index in [-0.39, 0.29) is 0 Å². The summed E-state index contributed by atoms with van der Waals surface area (Å²) < 4.78 is 7.34. The van der Waals surface area contributed by atoms with Crippen molar-refractivity contribution in [3.8, 4) is 28.2 Å². The van der Waals surface area contributed by atoms with Gasteiger partial charge in [-0.25, -0.2) is 0 Å². The smallest absolute Gasteiger partial charge is 0.0625 e. The number of benzene rings is 10. The van der Waals surface area contributed by atoms with E-state index in [1.54, 1.807) is 0 Å². The van der Waals surface area contributed by atoms with E-state index >= 15 is 0 Å². The Balaban J connectivity index is 1.11. The lowest BCUT2D eigenvalue weighted by molar-refractivity contribution is 1.17. The molecule has 0 saturated carbocycles. The predicted molar refractivity (Wildman–Crippen MR) is 250 cm³/mol. The first kappa shape index (κ1) is 32.2. The molecule has 0 unspecified atom stereocenters. The lowest BCUT2D eigenvalue weighted by Gasteiger charge is -2.15. The van der Waals surface area contributed by atoms with Crippen molar-refractivity contribution in [2.24, 2.45) is 0 Å². The summed E-state index contributed by atoms with van der Waals surface area (Å²) in [5, 5.41) is 12.4. The van der Waals surface area contributed by atoms with Crippen molar-refractivity contribution in [3.05, 3.63) is 212 Å². The number of nitrogens with zero attached hydrogens (tertiary/aromatic N) is 3. The number of hydrogen-bond donors (Lipinski definition) is 0. The minimum Gasteiger partial charge on any atom is -0.309 e. The van der Waals surface area contributed by atoms with Crippen molar-refractivity contribution in [3.63, 3.8) is 0 Å². The largest absolute Gasteiger partial charge is 0.309 e. The molecule has 3 aromatic heterocycles. The summed E-state index contributed by atoms with van der Waals surface area (Å²) in [6.07, 6.45) is 0. The lowest BCUT2D eigenvalue weighted by Crippen LogP contribution is -1.97. The molecule has 0 radical (unpaired) electrons. The van der Waals surface area contributed by atoms with E-state index in [0.717, 1.165) is 17.1 Å². The monoisotopic (exact) mass is 749 g/mol. The van der Waals surface area contributed by atoms with E-state index in [0.29, 0.717) is 0 Å². The highest BCUT2D eigenvalue weighted by Crippen LogP contribution is 2.45. The third-order valence-corrected chi connectivity index (χ3v) is 12.6. The Kier molecular flexibility index (Phi) is 6.72. The zero-order chi connectivity index (χ0) is 38.6. The zero-order valence-corrected chi connectivity index (χ0v) is 32.0. The van der Waals surface area contributed by atoms with Gasteiger partial charge in [0.25, 0.3) is 0 Å². The molecule has 0 spiro atoms. The average molecular weight is 750 g/mol. The summed E-state index contributed by atoms with van der Waals surface area (Å²) in [6.45, 7) is 0. The first-order chi connectivity index (χ1) is 29.3. The molecule has 13 aromatic rings. The van der Waals surface area contributed by atoms with Crippen LogP contribution < -0.4 is 0 Å². The van der Waals surface area contributed by atoms with E-state index in [1.807, 2.05) is 0 Å². The molecule has 0 N–H and O–H groups in total. The molecule has 0 fully saturated rings. The summed E-state index contributed by atoms with van der Waals surface area (Å²) in [5.41, 5.74) is 13.1. The van der Waals surface area contributed by atoms with Gasteiger partial charge in [-0.2, -0.15) is 0 Å². The highest BCUT2D eigenvalue weighted by molar-refractivity contribution is 6.22. The predicted octanol–water partition coefficient (Wildman–Crippen LogP) is 15.0. The normalized spacial score (nSPS) is 12.1. The van der Waals surface area contributed by atoms with Crippen molar-refractivity contribution in [2.45, 2.75) is 0 Å². The quantitative estimate of drug-likeness (QED) is 0.170. The van der Waals surface area contributed by atoms with Gasteiger partial charge in [-0.15, -0.1) is 0 Å². The Hall–Kier alpha value is -7.88. The molecule has 0 aliphatic rings. The second-order valence-electron chi connectivity index (χ2n) is 15.7. The molecule has 3 heteroatoms. The average Bonchev–Trinajstić information content (AvgIpc) is 3.93. The SMILES string of the molecule is c1ccc(-n2c3ccccc3c3cc(-c4c5ccccc5cc5c6ccccc6n(-c6ccc7c(c6)c6ccccc6n7-c6ccc7ccccc7c6)c45)ccc32)cc1. The Morgan fingerprint density at radius 3 is 1.46 bits per heavy atom. The third-order valence-electron chi connectivity index (χ3n) is 12.6. The highest BCUT2D eigenvalue weighted by Gasteiger charge is 2.22. The molecular formula is C56H35N3. The van der Waals surface area contributed by atoms with Crippen LogP contribution in [-0.2, 0) is 0 Å². The van der Waals surface area contributed by atoms with Gasteiger partial charge in [0.2, 0.25) is 0 Å². The van der Waals surface area contributed by atoms with Crippen LogP contribution in [0.5, 0.6) is 0 Å². The molecule has 0 amide bonds. The van der Waals surface area contributed by atoms with Crippen molar-refractivity contribution in [1.82, 2.24) is 13.7 Å². The molecule has 274 valence electrons. The van der Waals surface area contributed by atoms with Crippen LogP contribution in [0.4, 0.5) is 0 Å². The molecule has 13 rings (SSSR count). The molecule has 0 saturated heterocycles. The van der Waals surface area contributed by atoms with E-state index in [9.17, 15) is 0 Å². The van der Waals surface area contributed by atoms with Gasteiger partial charge in [-0.3, -0.25) is 0 Å². The molecule has 59 heavy (non-hydrogen) atoms. The van der Waals surface area contributed by atoms with Crippen LogP contribution in [0.2, 0.25) is 0 Å². The maximum atomic E-state index is 2.52. The number of aromatic nitrogens is 3. The summed E-state index contributed by atoms with van der Waals surface area (Å²) in [4.78, 5) is 0.